The molecule has 1 aliphatic rings. The summed E-state index contributed by atoms with van der Waals surface area (Å²) >= 11 is 1.89. The Balaban J connectivity index is 1.11. The molecule has 0 fully saturated rings. The molecule has 6 nitrogen and oxygen atoms in total. The predicted octanol–water partition coefficient (Wildman–Crippen LogP) is 8.46. The van der Waals surface area contributed by atoms with Crippen LogP contribution in [-0.4, -0.2) is 36.0 Å². The van der Waals surface area contributed by atoms with E-state index in [1.54, 1.807) is 0 Å². The molecule has 0 saturated heterocycles. The standard InChI is InChI=1S/C40H28N6SSi/c1-48(2)37-23-25(43-31-15-7-9-17-33(31)45-29-13-5-3-11-27(29)41-39(43)45)19-21-35(37)47-36-22-20-26(24-38(36)48)44-32-16-8-10-18-34(32)46-30-14-6-4-12-28(30)42-40(44)46/h3-24H,1-2H3. The molecule has 0 atom stereocenters. The fourth-order valence-electron chi connectivity index (χ4n) is 7.94. The minimum Gasteiger partial charge on any atom is -0.278 e. The molecule has 0 bridgehead atoms. The summed E-state index contributed by atoms with van der Waals surface area (Å²) in [5, 5.41) is 2.91. The van der Waals surface area contributed by atoms with Crippen LogP contribution in [0.3, 0.4) is 0 Å². The molecule has 0 radical (unpaired) electrons. The molecule has 48 heavy (non-hydrogen) atoms. The maximum Gasteiger partial charge on any atom is 0.220 e. The molecule has 4 aromatic heterocycles. The molecule has 8 heteroatoms. The molecule has 0 N–H and O–H groups in total. The lowest BCUT2D eigenvalue weighted by Crippen LogP contribution is -2.56. The molecule has 6 aromatic carbocycles. The van der Waals surface area contributed by atoms with E-state index < -0.39 is 8.07 Å². The lowest BCUT2D eigenvalue weighted by Gasteiger charge is -2.33. The van der Waals surface area contributed by atoms with Crippen LogP contribution in [0.5, 0.6) is 0 Å². The lowest BCUT2D eigenvalue weighted by atomic mass is 10.2. The van der Waals surface area contributed by atoms with Gasteiger partial charge >= 0.3 is 0 Å². The first kappa shape index (κ1) is 26.5. The average Bonchev–Trinajstić information content (AvgIpc) is 3.85. The van der Waals surface area contributed by atoms with Gasteiger partial charge in [-0.15, -0.1) is 0 Å². The third-order valence-corrected chi connectivity index (χ3v) is 15.3. The Labute approximate surface area is 280 Å². The van der Waals surface area contributed by atoms with Gasteiger partial charge in [0.15, 0.2) is 0 Å². The lowest BCUT2D eigenvalue weighted by molar-refractivity contribution is 1.10. The number of hydrogen-bond acceptors (Lipinski definition) is 3. The van der Waals surface area contributed by atoms with Crippen LogP contribution in [0.15, 0.2) is 143 Å². The molecule has 11 rings (SSSR count). The van der Waals surface area contributed by atoms with Crippen molar-refractivity contribution < 1.29 is 0 Å². The van der Waals surface area contributed by atoms with E-state index in [2.05, 4.69) is 164 Å². The zero-order chi connectivity index (χ0) is 31.7. The highest BCUT2D eigenvalue weighted by atomic mass is 32.2. The van der Waals surface area contributed by atoms with Crippen LogP contribution in [0.25, 0.3) is 67.1 Å². The second-order valence-corrected chi connectivity index (χ2v) is 18.6. The van der Waals surface area contributed by atoms with Gasteiger partial charge in [0.1, 0.15) is 8.07 Å². The molecule has 0 aliphatic carbocycles. The third kappa shape index (κ3) is 3.38. The quantitative estimate of drug-likeness (QED) is 0.176. The molecule has 0 spiro atoms. The zero-order valence-electron chi connectivity index (χ0n) is 26.3. The molecule has 5 heterocycles. The van der Waals surface area contributed by atoms with E-state index in [9.17, 15) is 0 Å². The maximum absolute atomic E-state index is 5.14. The summed E-state index contributed by atoms with van der Waals surface area (Å²) in [5.74, 6) is 1.89. The third-order valence-electron chi connectivity index (χ3n) is 10.2. The molecule has 0 saturated carbocycles. The van der Waals surface area contributed by atoms with E-state index in [1.807, 2.05) is 11.8 Å². The van der Waals surface area contributed by atoms with Gasteiger partial charge in [-0.05, 0) is 95.3 Å². The first-order valence-corrected chi connectivity index (χ1v) is 20.1. The number of fused-ring (bicyclic) bond motifs is 12. The van der Waals surface area contributed by atoms with Gasteiger partial charge in [0.25, 0.3) is 0 Å². The largest absolute Gasteiger partial charge is 0.278 e. The Morgan fingerprint density at radius 1 is 0.458 bits per heavy atom. The topological polar surface area (TPSA) is 44.5 Å². The van der Waals surface area contributed by atoms with E-state index in [-0.39, 0.29) is 0 Å². The van der Waals surface area contributed by atoms with Crippen molar-refractivity contribution in [2.75, 3.05) is 0 Å². The highest BCUT2D eigenvalue weighted by molar-refractivity contribution is 8.00. The van der Waals surface area contributed by atoms with Crippen LogP contribution in [-0.2, 0) is 0 Å². The summed E-state index contributed by atoms with van der Waals surface area (Å²) in [6, 6.07) is 48.2. The van der Waals surface area contributed by atoms with E-state index in [0.29, 0.717) is 0 Å². The summed E-state index contributed by atoms with van der Waals surface area (Å²) in [6.45, 7) is 5.00. The molecule has 0 amide bonds. The average molecular weight is 653 g/mol. The summed E-state index contributed by atoms with van der Waals surface area (Å²) in [5.41, 5.74) is 11.2. The van der Waals surface area contributed by atoms with Gasteiger partial charge in [0.05, 0.1) is 44.1 Å². The van der Waals surface area contributed by atoms with Crippen LogP contribution in [0.2, 0.25) is 13.1 Å². The number of benzene rings is 6. The molecule has 0 unspecified atom stereocenters. The fourth-order valence-corrected chi connectivity index (χ4v) is 13.3. The van der Waals surface area contributed by atoms with E-state index >= 15 is 0 Å². The van der Waals surface area contributed by atoms with E-state index in [4.69, 9.17) is 9.97 Å². The van der Waals surface area contributed by atoms with Crippen molar-refractivity contribution in [1.82, 2.24) is 27.9 Å². The predicted molar refractivity (Wildman–Crippen MR) is 200 cm³/mol. The second kappa shape index (κ2) is 9.28. The highest BCUT2D eigenvalue weighted by Crippen LogP contribution is 2.37. The summed E-state index contributed by atoms with van der Waals surface area (Å²) in [4.78, 5) is 13.0. The Bertz CT molecular complexity index is 2780. The maximum atomic E-state index is 5.14. The Morgan fingerprint density at radius 3 is 1.31 bits per heavy atom. The minimum atomic E-state index is -2.16. The van der Waals surface area contributed by atoms with Gasteiger partial charge in [-0.2, -0.15) is 0 Å². The minimum absolute atomic E-state index is 0.943. The molecule has 228 valence electrons. The summed E-state index contributed by atoms with van der Waals surface area (Å²) < 4.78 is 9.26. The number of para-hydroxylation sites is 8. The molecular formula is C40H28N6SSi. The number of nitrogens with zero attached hydrogens (tertiary/aromatic N) is 6. The normalized spacial score (nSPS) is 14.1. The SMILES string of the molecule is C[Si]1(C)c2cc(-n3c4ccccc4n4c5ccccc5nc34)ccc2Sc2ccc(-n3c4ccccc4n4c5ccccc5nc34)cc21. The van der Waals surface area contributed by atoms with Crippen molar-refractivity contribution in [3.05, 3.63) is 133 Å². The van der Waals surface area contributed by atoms with Crippen molar-refractivity contribution in [3.8, 4) is 11.4 Å². The van der Waals surface area contributed by atoms with Gasteiger partial charge in [-0.3, -0.25) is 17.9 Å². The van der Waals surface area contributed by atoms with Gasteiger partial charge in [-0.1, -0.05) is 73.4 Å². The number of hydrogen-bond donors (Lipinski definition) is 0. The number of imidazole rings is 4. The fraction of sp³-hybridized carbons (Fsp3) is 0.0500. The monoisotopic (exact) mass is 652 g/mol. The summed E-state index contributed by atoms with van der Waals surface area (Å²) in [7, 11) is -2.16. The van der Waals surface area contributed by atoms with Crippen LogP contribution in [0, 0.1) is 0 Å². The smallest absolute Gasteiger partial charge is 0.220 e. The van der Waals surface area contributed by atoms with Gasteiger partial charge in [0.2, 0.25) is 11.6 Å². The zero-order valence-corrected chi connectivity index (χ0v) is 28.1. The highest BCUT2D eigenvalue weighted by Gasteiger charge is 2.36. The Hall–Kier alpha value is -5.57. The van der Waals surface area contributed by atoms with Crippen molar-refractivity contribution >= 4 is 85.9 Å². The van der Waals surface area contributed by atoms with Gasteiger partial charge < -0.3 is 0 Å². The summed E-state index contributed by atoms with van der Waals surface area (Å²) in [6.07, 6.45) is 0. The van der Waals surface area contributed by atoms with Crippen LogP contribution in [0.4, 0.5) is 0 Å². The first-order valence-electron chi connectivity index (χ1n) is 16.3. The number of aromatic nitrogens is 6. The number of rotatable bonds is 2. The van der Waals surface area contributed by atoms with Crippen LogP contribution in [0.1, 0.15) is 0 Å². The van der Waals surface area contributed by atoms with Crippen molar-refractivity contribution in [3.63, 3.8) is 0 Å². The van der Waals surface area contributed by atoms with Crippen LogP contribution >= 0.6 is 11.8 Å². The van der Waals surface area contributed by atoms with Crippen molar-refractivity contribution in [2.45, 2.75) is 22.9 Å². The van der Waals surface area contributed by atoms with E-state index in [1.165, 1.54) is 20.2 Å². The molecule has 10 aromatic rings. The first-order chi connectivity index (χ1) is 23.6. The molecular weight excluding hydrogens is 625 g/mol. The molecule has 1 aliphatic heterocycles. The second-order valence-electron chi connectivity index (χ2n) is 13.2. The Morgan fingerprint density at radius 2 is 0.854 bits per heavy atom. The van der Waals surface area contributed by atoms with Gasteiger partial charge in [-0.25, -0.2) is 9.97 Å². The van der Waals surface area contributed by atoms with Gasteiger partial charge in [0, 0.05) is 21.2 Å². The van der Waals surface area contributed by atoms with E-state index in [0.717, 1.165) is 67.1 Å². The van der Waals surface area contributed by atoms with Crippen molar-refractivity contribution in [2.24, 2.45) is 0 Å². The van der Waals surface area contributed by atoms with Crippen LogP contribution < -0.4 is 10.4 Å². The van der Waals surface area contributed by atoms with Crippen molar-refractivity contribution in [1.29, 1.82) is 0 Å². The Kier molecular flexibility index (Phi) is 5.12.